The topological polar surface area (TPSA) is 65.2 Å². The summed E-state index contributed by atoms with van der Waals surface area (Å²) in [4.78, 5) is 15.1. The molecule has 0 unspecified atom stereocenters. The third-order valence-corrected chi connectivity index (χ3v) is 2.02. The molecule has 0 saturated carbocycles. The lowest BCUT2D eigenvalue weighted by Crippen LogP contribution is -2.04. The number of anilines is 1. The number of carbonyl (C=O) groups excluding carboxylic acids is 1. The molecule has 84 valence electrons. The summed E-state index contributed by atoms with van der Waals surface area (Å²) >= 11 is 4.04. The Labute approximate surface area is 99.6 Å². The van der Waals surface area contributed by atoms with Crippen LogP contribution in [0, 0.1) is 11.8 Å². The molecule has 0 aliphatic heterocycles. The summed E-state index contributed by atoms with van der Waals surface area (Å²) in [5, 5.41) is 0. The number of carbonyl (C=O) groups is 1. The van der Waals surface area contributed by atoms with Crippen LogP contribution in [-0.2, 0) is 4.74 Å². The zero-order chi connectivity index (χ0) is 12.0. The number of esters is 1. The van der Waals surface area contributed by atoms with Crippen LogP contribution in [0.1, 0.15) is 22.3 Å². The number of ether oxygens (including phenoxy) is 1. The number of thiol groups is 1. The number of pyridine rings is 1. The van der Waals surface area contributed by atoms with Crippen molar-refractivity contribution in [1.29, 1.82) is 0 Å². The van der Waals surface area contributed by atoms with Crippen molar-refractivity contribution >= 4 is 24.4 Å². The van der Waals surface area contributed by atoms with Gasteiger partial charge in [-0.2, -0.15) is 12.6 Å². The first-order valence-electron chi connectivity index (χ1n) is 4.62. The van der Waals surface area contributed by atoms with Gasteiger partial charge < -0.3 is 10.5 Å². The van der Waals surface area contributed by atoms with Crippen LogP contribution in [0.4, 0.5) is 5.82 Å². The Balaban J connectivity index is 3.01. The molecule has 0 aliphatic carbocycles. The largest absolute Gasteiger partial charge is 0.465 e. The third kappa shape index (κ3) is 3.17. The molecule has 0 radical (unpaired) electrons. The van der Waals surface area contributed by atoms with Crippen LogP contribution >= 0.6 is 12.6 Å². The van der Waals surface area contributed by atoms with Crippen molar-refractivity contribution in [3.05, 3.63) is 23.4 Å². The highest BCUT2D eigenvalue weighted by Gasteiger charge is 2.07. The zero-order valence-corrected chi connectivity index (χ0v) is 9.75. The van der Waals surface area contributed by atoms with Gasteiger partial charge in [0.25, 0.3) is 0 Å². The summed E-state index contributed by atoms with van der Waals surface area (Å²) in [5.74, 6) is 6.25. The molecule has 4 nitrogen and oxygen atoms in total. The molecule has 0 saturated heterocycles. The summed E-state index contributed by atoms with van der Waals surface area (Å²) in [6.07, 6.45) is 2.02. The summed E-state index contributed by atoms with van der Waals surface area (Å²) in [6.45, 7) is 0. The molecule has 1 heterocycles. The van der Waals surface area contributed by atoms with Crippen molar-refractivity contribution in [3.8, 4) is 11.8 Å². The van der Waals surface area contributed by atoms with Gasteiger partial charge >= 0.3 is 5.97 Å². The SMILES string of the molecule is COC(=O)c1cnc(N)c(C#CCCS)c1. The van der Waals surface area contributed by atoms with Gasteiger partial charge in [-0.15, -0.1) is 0 Å². The van der Waals surface area contributed by atoms with Crippen molar-refractivity contribution in [1.82, 2.24) is 4.98 Å². The second-order valence-electron chi connectivity index (χ2n) is 2.92. The molecule has 1 aromatic heterocycles. The second kappa shape index (κ2) is 6.03. The average Bonchev–Trinajstić information content (AvgIpc) is 2.31. The maximum Gasteiger partial charge on any atom is 0.339 e. The van der Waals surface area contributed by atoms with Gasteiger partial charge in [0.15, 0.2) is 0 Å². The fraction of sp³-hybridized carbons (Fsp3) is 0.273. The predicted octanol–water partition coefficient (Wildman–Crippen LogP) is 1.12. The minimum atomic E-state index is -0.454. The molecule has 0 bridgehead atoms. The van der Waals surface area contributed by atoms with Gasteiger partial charge in [-0.3, -0.25) is 0 Å². The molecule has 16 heavy (non-hydrogen) atoms. The third-order valence-electron chi connectivity index (χ3n) is 1.80. The van der Waals surface area contributed by atoms with Gasteiger partial charge in [-0.25, -0.2) is 9.78 Å². The first kappa shape index (κ1) is 12.4. The predicted molar refractivity (Wildman–Crippen MR) is 65.3 cm³/mol. The van der Waals surface area contributed by atoms with Crippen molar-refractivity contribution in [2.45, 2.75) is 6.42 Å². The number of nitrogens with two attached hydrogens (primary N) is 1. The Morgan fingerprint density at radius 1 is 1.69 bits per heavy atom. The Bertz CT molecular complexity index is 449. The van der Waals surface area contributed by atoms with Crippen LogP contribution in [0.2, 0.25) is 0 Å². The normalized spacial score (nSPS) is 9.12. The van der Waals surface area contributed by atoms with E-state index in [0.29, 0.717) is 29.1 Å². The van der Waals surface area contributed by atoms with E-state index >= 15 is 0 Å². The van der Waals surface area contributed by atoms with Crippen LogP contribution in [0.5, 0.6) is 0 Å². The highest BCUT2D eigenvalue weighted by atomic mass is 32.1. The number of hydrogen-bond donors (Lipinski definition) is 2. The highest BCUT2D eigenvalue weighted by molar-refractivity contribution is 7.80. The van der Waals surface area contributed by atoms with Gasteiger partial charge in [0, 0.05) is 18.4 Å². The van der Waals surface area contributed by atoms with Crippen molar-refractivity contribution in [3.63, 3.8) is 0 Å². The van der Waals surface area contributed by atoms with E-state index in [1.807, 2.05) is 0 Å². The van der Waals surface area contributed by atoms with E-state index in [2.05, 4.69) is 34.2 Å². The van der Waals surface area contributed by atoms with E-state index < -0.39 is 5.97 Å². The van der Waals surface area contributed by atoms with E-state index in [1.165, 1.54) is 13.3 Å². The van der Waals surface area contributed by atoms with Gasteiger partial charge in [0.05, 0.1) is 18.2 Å². The Kier molecular flexibility index (Phi) is 4.67. The molecule has 1 aromatic rings. The van der Waals surface area contributed by atoms with E-state index in [-0.39, 0.29) is 0 Å². The standard InChI is InChI=1S/C11H12N2O2S/c1-15-11(14)9-6-8(4-2-3-5-16)10(12)13-7-9/h6-7,16H,3,5H2,1H3,(H2,12,13). The second-order valence-corrected chi connectivity index (χ2v) is 3.37. The zero-order valence-electron chi connectivity index (χ0n) is 8.86. The van der Waals surface area contributed by atoms with Crippen LogP contribution in [0.15, 0.2) is 12.3 Å². The van der Waals surface area contributed by atoms with Gasteiger partial charge in [0.2, 0.25) is 0 Å². The Morgan fingerprint density at radius 2 is 2.44 bits per heavy atom. The number of hydrogen-bond acceptors (Lipinski definition) is 5. The smallest absolute Gasteiger partial charge is 0.339 e. The molecular formula is C11H12N2O2S. The molecule has 0 aliphatic rings. The van der Waals surface area contributed by atoms with Crippen molar-refractivity contribution < 1.29 is 9.53 Å². The molecule has 5 heteroatoms. The van der Waals surface area contributed by atoms with E-state index in [9.17, 15) is 4.79 Å². The molecule has 0 atom stereocenters. The molecule has 0 aromatic carbocycles. The van der Waals surface area contributed by atoms with E-state index in [0.717, 1.165) is 0 Å². The van der Waals surface area contributed by atoms with Crippen LogP contribution in [0.25, 0.3) is 0 Å². The molecule has 0 fully saturated rings. The molecule has 2 N–H and O–H groups in total. The molecule has 1 rings (SSSR count). The lowest BCUT2D eigenvalue weighted by molar-refractivity contribution is 0.0600. The monoisotopic (exact) mass is 236 g/mol. The number of nitrogen functional groups attached to an aromatic ring is 1. The number of nitrogens with zero attached hydrogens (tertiary/aromatic N) is 1. The lowest BCUT2D eigenvalue weighted by atomic mass is 10.2. The maximum atomic E-state index is 11.2. The van der Waals surface area contributed by atoms with E-state index in [1.54, 1.807) is 6.07 Å². The summed E-state index contributed by atoms with van der Waals surface area (Å²) in [7, 11) is 1.31. The fourth-order valence-corrected chi connectivity index (χ4v) is 1.13. The quantitative estimate of drug-likeness (QED) is 0.459. The summed E-state index contributed by atoms with van der Waals surface area (Å²) in [6, 6.07) is 1.57. The van der Waals surface area contributed by atoms with E-state index in [4.69, 9.17) is 5.73 Å². The van der Waals surface area contributed by atoms with Gasteiger partial charge in [-0.1, -0.05) is 11.8 Å². The Hall–Kier alpha value is -1.67. The minimum Gasteiger partial charge on any atom is -0.465 e. The van der Waals surface area contributed by atoms with Crippen LogP contribution < -0.4 is 5.73 Å². The average molecular weight is 236 g/mol. The Morgan fingerprint density at radius 3 is 3.06 bits per heavy atom. The minimum absolute atomic E-state index is 0.305. The number of aromatic nitrogens is 1. The highest BCUT2D eigenvalue weighted by Crippen LogP contribution is 2.10. The molecule has 0 amide bonds. The first-order chi connectivity index (χ1) is 7.69. The van der Waals surface area contributed by atoms with Gasteiger partial charge in [-0.05, 0) is 6.07 Å². The summed E-state index contributed by atoms with van der Waals surface area (Å²) < 4.78 is 4.58. The van der Waals surface area contributed by atoms with Gasteiger partial charge in [0.1, 0.15) is 5.82 Å². The van der Waals surface area contributed by atoms with Crippen LogP contribution in [-0.4, -0.2) is 23.8 Å². The lowest BCUT2D eigenvalue weighted by Gasteiger charge is -2.01. The van der Waals surface area contributed by atoms with Crippen LogP contribution in [0.3, 0.4) is 0 Å². The number of methoxy groups -OCH3 is 1. The molecule has 0 spiro atoms. The number of rotatable bonds is 2. The molecular weight excluding hydrogens is 224 g/mol. The maximum absolute atomic E-state index is 11.2. The van der Waals surface area contributed by atoms with Crippen molar-refractivity contribution in [2.75, 3.05) is 18.6 Å². The summed E-state index contributed by atoms with van der Waals surface area (Å²) in [5.41, 5.74) is 6.50. The first-order valence-corrected chi connectivity index (χ1v) is 5.26. The fourth-order valence-electron chi connectivity index (χ4n) is 1.02. The van der Waals surface area contributed by atoms with Crippen molar-refractivity contribution in [2.24, 2.45) is 0 Å².